The van der Waals surface area contributed by atoms with Crippen LogP contribution in [-0.2, 0) is 11.2 Å². The number of phenolic OH excluding ortho intramolecular Hbond substituents is 2. The summed E-state index contributed by atoms with van der Waals surface area (Å²) in [6, 6.07) is 3.40. The predicted octanol–water partition coefficient (Wildman–Crippen LogP) is 2.63. The number of hydrogen-bond donors (Lipinski definition) is 4. The Kier molecular flexibility index (Phi) is 5.98. The number of phenols is 2. The minimum Gasteiger partial charge on any atom is -0.504 e. The molecule has 2 aliphatic rings. The molecule has 5 nitrogen and oxygen atoms in total. The van der Waals surface area contributed by atoms with E-state index in [1.165, 1.54) is 32.1 Å². The predicted molar refractivity (Wildman–Crippen MR) is 92.2 cm³/mol. The molecular formula is C19H29NO4. The molecule has 1 fully saturated rings. The van der Waals surface area contributed by atoms with Crippen molar-refractivity contribution in [2.75, 3.05) is 19.7 Å². The van der Waals surface area contributed by atoms with Gasteiger partial charge in [-0.05, 0) is 43.4 Å². The van der Waals surface area contributed by atoms with Crippen molar-refractivity contribution in [3.63, 3.8) is 0 Å². The Balaban J connectivity index is 1.78. The van der Waals surface area contributed by atoms with Crippen molar-refractivity contribution in [2.24, 2.45) is 5.92 Å². The third-order valence-electron chi connectivity index (χ3n) is 5.41. The molecule has 0 saturated heterocycles. The molecule has 0 aromatic heterocycles. The molecule has 24 heavy (non-hydrogen) atoms. The van der Waals surface area contributed by atoms with Gasteiger partial charge in [0.2, 0.25) is 0 Å². The van der Waals surface area contributed by atoms with Crippen molar-refractivity contribution in [3.8, 4) is 11.5 Å². The van der Waals surface area contributed by atoms with Crippen LogP contribution in [0.15, 0.2) is 12.1 Å². The lowest BCUT2D eigenvalue weighted by Crippen LogP contribution is -2.37. The number of fused-ring (bicyclic) bond motifs is 1. The van der Waals surface area contributed by atoms with Crippen molar-refractivity contribution in [1.82, 2.24) is 5.32 Å². The van der Waals surface area contributed by atoms with E-state index in [-0.39, 0.29) is 30.3 Å². The largest absolute Gasteiger partial charge is 0.504 e. The molecule has 1 aromatic carbocycles. The van der Waals surface area contributed by atoms with Crippen molar-refractivity contribution in [2.45, 2.75) is 57.2 Å². The minimum absolute atomic E-state index is 0.0111. The summed E-state index contributed by atoms with van der Waals surface area (Å²) in [7, 11) is 0. The molecular weight excluding hydrogens is 306 g/mol. The van der Waals surface area contributed by atoms with Crippen LogP contribution in [0.3, 0.4) is 0 Å². The van der Waals surface area contributed by atoms with Gasteiger partial charge in [-0.15, -0.1) is 0 Å². The summed E-state index contributed by atoms with van der Waals surface area (Å²) in [5.74, 6) is 0.496. The zero-order valence-electron chi connectivity index (χ0n) is 14.2. The molecule has 1 heterocycles. The van der Waals surface area contributed by atoms with Crippen LogP contribution < -0.4 is 5.32 Å². The van der Waals surface area contributed by atoms with Crippen LogP contribution in [-0.4, -0.2) is 41.1 Å². The van der Waals surface area contributed by atoms with Crippen LogP contribution in [0.1, 0.15) is 55.8 Å². The van der Waals surface area contributed by atoms with E-state index in [2.05, 4.69) is 5.32 Å². The lowest BCUT2D eigenvalue weighted by atomic mass is 9.80. The highest BCUT2D eigenvalue weighted by Crippen LogP contribution is 2.43. The number of aliphatic hydroxyl groups is 1. The van der Waals surface area contributed by atoms with Gasteiger partial charge in [0.1, 0.15) is 0 Å². The SMILES string of the molecule is OCCCNC[C@@H]1OC(C2CCCCC2)Cc2c1ccc(O)c2O. The Morgan fingerprint density at radius 1 is 1.12 bits per heavy atom. The second-order valence-corrected chi connectivity index (χ2v) is 7.05. The second-order valence-electron chi connectivity index (χ2n) is 7.05. The van der Waals surface area contributed by atoms with E-state index in [0.717, 1.165) is 17.7 Å². The molecule has 1 aliphatic carbocycles. The maximum atomic E-state index is 10.3. The van der Waals surface area contributed by atoms with Gasteiger partial charge < -0.3 is 25.4 Å². The van der Waals surface area contributed by atoms with E-state index in [0.29, 0.717) is 25.3 Å². The Morgan fingerprint density at radius 3 is 2.67 bits per heavy atom. The number of nitrogens with one attached hydrogen (secondary N) is 1. The van der Waals surface area contributed by atoms with Gasteiger partial charge in [0, 0.05) is 25.1 Å². The van der Waals surface area contributed by atoms with Gasteiger partial charge in [0.25, 0.3) is 0 Å². The number of benzene rings is 1. The van der Waals surface area contributed by atoms with Gasteiger partial charge in [0.15, 0.2) is 11.5 Å². The first-order valence-electron chi connectivity index (χ1n) is 9.21. The van der Waals surface area contributed by atoms with Gasteiger partial charge in [0.05, 0.1) is 12.2 Å². The zero-order valence-corrected chi connectivity index (χ0v) is 14.2. The fourth-order valence-electron chi connectivity index (χ4n) is 4.07. The monoisotopic (exact) mass is 335 g/mol. The number of ether oxygens (including phenoxy) is 1. The third kappa shape index (κ3) is 3.85. The highest BCUT2D eigenvalue weighted by Gasteiger charge is 2.35. The molecule has 134 valence electrons. The molecule has 1 aromatic rings. The summed E-state index contributed by atoms with van der Waals surface area (Å²) in [4.78, 5) is 0. The summed E-state index contributed by atoms with van der Waals surface area (Å²) in [6.07, 6.45) is 7.55. The van der Waals surface area contributed by atoms with Crippen LogP contribution in [0.25, 0.3) is 0 Å². The molecule has 0 bridgehead atoms. The molecule has 1 unspecified atom stereocenters. The van der Waals surface area contributed by atoms with Crippen LogP contribution in [0.4, 0.5) is 0 Å². The maximum absolute atomic E-state index is 10.3. The van der Waals surface area contributed by atoms with E-state index < -0.39 is 0 Å². The van der Waals surface area contributed by atoms with Crippen molar-refractivity contribution in [1.29, 1.82) is 0 Å². The average Bonchev–Trinajstić information content (AvgIpc) is 2.62. The summed E-state index contributed by atoms with van der Waals surface area (Å²) in [5, 5.41) is 32.4. The average molecular weight is 335 g/mol. The lowest BCUT2D eigenvalue weighted by molar-refractivity contribution is -0.0626. The van der Waals surface area contributed by atoms with Gasteiger partial charge in [-0.25, -0.2) is 0 Å². The first kappa shape index (κ1) is 17.5. The quantitative estimate of drug-likeness (QED) is 0.475. The third-order valence-corrected chi connectivity index (χ3v) is 5.41. The molecule has 1 aliphatic heterocycles. The fourth-order valence-corrected chi connectivity index (χ4v) is 4.07. The fraction of sp³-hybridized carbons (Fsp3) is 0.684. The summed E-state index contributed by atoms with van der Waals surface area (Å²) >= 11 is 0. The summed E-state index contributed by atoms with van der Waals surface area (Å²) in [5.41, 5.74) is 1.81. The van der Waals surface area contributed by atoms with Crippen LogP contribution in [0.2, 0.25) is 0 Å². The highest BCUT2D eigenvalue weighted by molar-refractivity contribution is 5.51. The first-order chi connectivity index (χ1) is 11.7. The molecule has 5 heteroatoms. The number of aliphatic hydroxyl groups excluding tert-OH is 1. The molecule has 2 atom stereocenters. The van der Waals surface area contributed by atoms with Crippen LogP contribution in [0.5, 0.6) is 11.5 Å². The minimum atomic E-state index is -0.120. The van der Waals surface area contributed by atoms with Gasteiger partial charge >= 0.3 is 0 Å². The molecule has 0 amide bonds. The lowest BCUT2D eigenvalue weighted by Gasteiger charge is -2.38. The van der Waals surface area contributed by atoms with Crippen molar-refractivity contribution >= 4 is 0 Å². The first-order valence-corrected chi connectivity index (χ1v) is 9.21. The standard InChI is InChI=1S/C19H29NO4/c21-10-4-9-20-12-18-14-7-8-16(22)19(23)15(14)11-17(24-18)13-5-2-1-3-6-13/h7-8,13,17-18,20-23H,1-6,9-12H2/t17?,18-/m0/s1. The summed E-state index contributed by atoms with van der Waals surface area (Å²) < 4.78 is 6.41. The van der Waals surface area contributed by atoms with Gasteiger partial charge in [-0.3, -0.25) is 0 Å². The Labute approximate surface area is 143 Å². The Hall–Kier alpha value is -1.30. The highest BCUT2D eigenvalue weighted by atomic mass is 16.5. The molecule has 0 spiro atoms. The van der Waals surface area contributed by atoms with E-state index in [9.17, 15) is 10.2 Å². The Bertz CT molecular complexity index is 542. The van der Waals surface area contributed by atoms with Crippen molar-refractivity contribution < 1.29 is 20.1 Å². The Morgan fingerprint density at radius 2 is 1.92 bits per heavy atom. The van der Waals surface area contributed by atoms with E-state index in [4.69, 9.17) is 9.84 Å². The summed E-state index contributed by atoms with van der Waals surface area (Å²) in [6.45, 7) is 1.57. The molecule has 0 radical (unpaired) electrons. The molecule has 4 N–H and O–H groups in total. The molecule has 1 saturated carbocycles. The topological polar surface area (TPSA) is 82.0 Å². The number of hydrogen-bond acceptors (Lipinski definition) is 5. The maximum Gasteiger partial charge on any atom is 0.161 e. The number of rotatable bonds is 6. The van der Waals surface area contributed by atoms with E-state index >= 15 is 0 Å². The van der Waals surface area contributed by atoms with E-state index in [1.807, 2.05) is 6.07 Å². The normalized spacial score (nSPS) is 24.7. The second kappa shape index (κ2) is 8.19. The number of aromatic hydroxyl groups is 2. The van der Waals surface area contributed by atoms with Gasteiger partial charge in [-0.1, -0.05) is 25.3 Å². The van der Waals surface area contributed by atoms with Crippen LogP contribution >= 0.6 is 0 Å². The zero-order chi connectivity index (χ0) is 16.9. The van der Waals surface area contributed by atoms with E-state index in [1.54, 1.807) is 6.07 Å². The molecule has 3 rings (SSSR count). The smallest absolute Gasteiger partial charge is 0.161 e. The van der Waals surface area contributed by atoms with Crippen molar-refractivity contribution in [3.05, 3.63) is 23.3 Å². The van der Waals surface area contributed by atoms with Gasteiger partial charge in [-0.2, -0.15) is 0 Å². The van der Waals surface area contributed by atoms with Crippen LogP contribution in [0, 0.1) is 5.92 Å².